The second-order valence-electron chi connectivity index (χ2n) is 9.75. The number of benzene rings is 5. The Morgan fingerprint density at radius 3 is 1.07 bits per heavy atom. The third kappa shape index (κ3) is 6.43. The first-order valence-electron chi connectivity index (χ1n) is 13.6. The molecule has 0 radical (unpaired) electrons. The first kappa shape index (κ1) is 30.7. The molecule has 0 unspecified atom stereocenters. The molecule has 0 fully saturated rings. The average molecular weight is 707 g/mol. The van der Waals surface area contributed by atoms with Crippen LogP contribution in [0.4, 0.5) is 24.5 Å². The zero-order valence-electron chi connectivity index (χ0n) is 23.3. The van der Waals surface area contributed by atoms with Gasteiger partial charge < -0.3 is 0 Å². The van der Waals surface area contributed by atoms with Crippen LogP contribution in [0, 0.1) is 17.5 Å². The number of nitrogens with one attached hydrogen (secondary N) is 2. The third-order valence-electron chi connectivity index (χ3n) is 6.86. The summed E-state index contributed by atoms with van der Waals surface area (Å²) in [6.45, 7) is -0.676. The fourth-order valence-electron chi connectivity index (χ4n) is 4.83. The normalized spacial score (nSPS) is 11.9. The maximum atomic E-state index is 14.3. The Morgan fingerprint density at radius 2 is 0.773 bits per heavy atom. The molecule has 0 spiro atoms. The number of carbonyl (C=O) groups is 2. The minimum absolute atomic E-state index is 0.193. The number of para-hydroxylation sites is 2. The van der Waals surface area contributed by atoms with Crippen LogP contribution in [0.15, 0.2) is 133 Å². The molecule has 0 saturated carbocycles. The van der Waals surface area contributed by atoms with E-state index < -0.39 is 47.6 Å². The van der Waals surface area contributed by atoms with Gasteiger partial charge in [-0.3, -0.25) is 0 Å². The summed E-state index contributed by atoms with van der Waals surface area (Å²) in [5, 5.41) is 5.98. The summed E-state index contributed by atoms with van der Waals surface area (Å²) in [4.78, 5) is 27.7. The molecule has 0 aliphatic carbocycles. The molecule has 0 saturated heterocycles. The van der Waals surface area contributed by atoms with Gasteiger partial charge in [0.05, 0.1) is 0 Å². The topological polar surface area (TPSA) is 76.7 Å². The van der Waals surface area contributed by atoms with E-state index in [1.165, 1.54) is 36.4 Å². The Balaban J connectivity index is 1.71. The van der Waals surface area contributed by atoms with Crippen LogP contribution in [0.1, 0.15) is 0 Å². The molecule has 6 nitrogen and oxygen atoms in total. The van der Waals surface area contributed by atoms with E-state index in [-0.39, 0.29) is 23.6 Å². The van der Waals surface area contributed by atoms with Crippen molar-refractivity contribution in [2.75, 3.05) is 23.7 Å². The van der Waals surface area contributed by atoms with Crippen molar-refractivity contribution >= 4 is 52.1 Å². The van der Waals surface area contributed by atoms with E-state index in [0.29, 0.717) is 11.4 Å². The van der Waals surface area contributed by atoms with Crippen LogP contribution in [0.3, 0.4) is 0 Å². The fourth-order valence-corrected chi connectivity index (χ4v) is 17.8. The van der Waals surface area contributed by atoms with Crippen LogP contribution in [0.25, 0.3) is 0 Å². The Morgan fingerprint density at radius 1 is 0.477 bits per heavy atom. The van der Waals surface area contributed by atoms with E-state index in [1.807, 2.05) is 12.1 Å². The molecule has 5 aromatic carbocycles. The van der Waals surface area contributed by atoms with E-state index in [2.05, 4.69) is 10.6 Å². The molecule has 224 valence electrons. The van der Waals surface area contributed by atoms with Gasteiger partial charge in [-0.1, -0.05) is 0 Å². The third-order valence-corrected chi connectivity index (χ3v) is 20.6. The second kappa shape index (κ2) is 13.3. The van der Waals surface area contributed by atoms with Gasteiger partial charge in [0.2, 0.25) is 0 Å². The Labute approximate surface area is 254 Å². The summed E-state index contributed by atoms with van der Waals surface area (Å²) in [5.74, 6) is -3.38. The molecule has 10 heteroatoms. The van der Waals surface area contributed by atoms with E-state index >= 15 is 0 Å². The van der Waals surface area contributed by atoms with Crippen molar-refractivity contribution in [2.24, 2.45) is 0 Å². The quantitative estimate of drug-likeness (QED) is 0.192. The number of anilines is 2. The predicted octanol–water partition coefficient (Wildman–Crippen LogP) is 4.83. The van der Waals surface area contributed by atoms with E-state index in [1.54, 1.807) is 48.5 Å². The molecular formula is C34H28F3N2O4Sb. The van der Waals surface area contributed by atoms with Crippen LogP contribution in [0.5, 0.6) is 0 Å². The van der Waals surface area contributed by atoms with Crippen LogP contribution in [0.2, 0.25) is 0 Å². The second-order valence-corrected chi connectivity index (χ2v) is 20.7. The van der Waals surface area contributed by atoms with E-state index in [0.717, 1.165) is 36.4 Å². The van der Waals surface area contributed by atoms with Crippen molar-refractivity contribution in [3.8, 4) is 0 Å². The van der Waals surface area contributed by atoms with Crippen molar-refractivity contribution in [2.45, 2.75) is 0 Å². The van der Waals surface area contributed by atoms with E-state index in [9.17, 15) is 22.8 Å². The van der Waals surface area contributed by atoms with E-state index in [4.69, 9.17) is 6.03 Å². The molecule has 0 aliphatic rings. The van der Waals surface area contributed by atoms with Gasteiger partial charge >= 0.3 is 256 Å². The predicted molar refractivity (Wildman–Crippen MR) is 166 cm³/mol. The number of rotatable bonds is 11. The van der Waals surface area contributed by atoms with Crippen molar-refractivity contribution in [3.05, 3.63) is 151 Å². The monoisotopic (exact) mass is 706 g/mol. The summed E-state index contributed by atoms with van der Waals surface area (Å²) in [6.07, 6.45) is 0. The fraction of sp³-hybridized carbons (Fsp3) is 0.0588. The summed E-state index contributed by atoms with van der Waals surface area (Å²) < 4.78 is 56.6. The molecule has 44 heavy (non-hydrogen) atoms. The number of halogens is 3. The van der Waals surface area contributed by atoms with Crippen molar-refractivity contribution in [3.63, 3.8) is 0 Å². The average Bonchev–Trinajstić information content (AvgIpc) is 3.04. The van der Waals surface area contributed by atoms with Crippen LogP contribution in [-0.4, -0.2) is 43.3 Å². The van der Waals surface area contributed by atoms with Gasteiger partial charge in [0, 0.05) is 0 Å². The van der Waals surface area contributed by atoms with Gasteiger partial charge in [-0.15, -0.1) is 0 Å². The molecule has 0 bridgehead atoms. The standard InChI is InChI=1S/2C8H9NO2.3C6H4F.Sb/c2*10-8(11)6-9-7-4-2-1-3-5-7;3*7-6-4-2-1-3-5-6;/h2*1-5,9H,6H2,(H,10,11);3*2-5H;/q;;;;;+2/p-2. The minimum atomic E-state index is -6.48. The van der Waals surface area contributed by atoms with Gasteiger partial charge in [0.15, 0.2) is 0 Å². The van der Waals surface area contributed by atoms with Gasteiger partial charge in [-0.05, 0) is 0 Å². The number of hydrogen-bond donors (Lipinski definition) is 2. The van der Waals surface area contributed by atoms with Crippen LogP contribution >= 0.6 is 0 Å². The first-order chi connectivity index (χ1) is 21.3. The Kier molecular flexibility index (Phi) is 9.26. The molecular weight excluding hydrogens is 679 g/mol. The Bertz CT molecular complexity index is 1550. The van der Waals surface area contributed by atoms with Crippen LogP contribution in [-0.2, 0) is 15.6 Å². The molecule has 0 heterocycles. The summed E-state index contributed by atoms with van der Waals surface area (Å²) >= 11 is -6.48. The van der Waals surface area contributed by atoms with Crippen LogP contribution < -0.4 is 21.2 Å². The van der Waals surface area contributed by atoms with Gasteiger partial charge in [-0.25, -0.2) is 0 Å². The van der Waals surface area contributed by atoms with Crippen molar-refractivity contribution < 1.29 is 28.8 Å². The Hall–Kier alpha value is -4.75. The van der Waals surface area contributed by atoms with Gasteiger partial charge in [0.25, 0.3) is 0 Å². The molecule has 5 rings (SSSR count). The number of carbonyl (C=O) groups excluding carboxylic acids is 2. The first-order valence-corrected chi connectivity index (χ1v) is 19.5. The molecule has 0 amide bonds. The summed E-state index contributed by atoms with van der Waals surface area (Å²) in [6, 6.07) is 33.0. The molecule has 5 aromatic rings. The number of hydrogen-bond acceptors (Lipinski definition) is 6. The molecule has 0 atom stereocenters. The summed E-state index contributed by atoms with van der Waals surface area (Å²) in [5.41, 5.74) is 1.26. The summed E-state index contributed by atoms with van der Waals surface area (Å²) in [7, 11) is 0. The van der Waals surface area contributed by atoms with Crippen molar-refractivity contribution in [1.82, 2.24) is 0 Å². The molecule has 2 N–H and O–H groups in total. The van der Waals surface area contributed by atoms with Gasteiger partial charge in [0.1, 0.15) is 0 Å². The maximum absolute atomic E-state index is 14.3. The molecule has 0 aromatic heterocycles. The zero-order valence-corrected chi connectivity index (χ0v) is 25.9. The zero-order chi connectivity index (χ0) is 31.0. The van der Waals surface area contributed by atoms with Gasteiger partial charge in [-0.2, -0.15) is 0 Å². The SMILES string of the molecule is O=C(CNc1ccccc1)[O][Sb]([O]C(=O)CNc1ccccc1)([c]1ccc(F)cc1)([c]1ccc(F)cc1)[c]1ccc(F)cc1. The van der Waals surface area contributed by atoms with Crippen molar-refractivity contribution in [1.29, 1.82) is 0 Å². The molecule has 0 aliphatic heterocycles.